The second kappa shape index (κ2) is 4.77. The van der Waals surface area contributed by atoms with Crippen molar-refractivity contribution in [3.63, 3.8) is 0 Å². The minimum atomic E-state index is 0.377. The third-order valence-electron chi connectivity index (χ3n) is 2.23. The van der Waals surface area contributed by atoms with Crippen molar-refractivity contribution in [2.75, 3.05) is 0 Å². The molecule has 1 heterocycles. The van der Waals surface area contributed by atoms with Crippen molar-refractivity contribution < 1.29 is 4.74 Å². The van der Waals surface area contributed by atoms with E-state index in [4.69, 9.17) is 10.5 Å². The van der Waals surface area contributed by atoms with Gasteiger partial charge in [-0.15, -0.1) is 0 Å². The van der Waals surface area contributed by atoms with Crippen molar-refractivity contribution >= 4 is 0 Å². The Labute approximate surface area is 94.9 Å². The molecule has 0 aliphatic carbocycles. The Morgan fingerprint density at radius 1 is 1.25 bits per heavy atom. The zero-order valence-corrected chi connectivity index (χ0v) is 9.18. The highest BCUT2D eigenvalue weighted by atomic mass is 16.5. The van der Waals surface area contributed by atoms with Crippen molar-refractivity contribution in [2.24, 2.45) is 5.73 Å². The number of hydrogen-bond acceptors (Lipinski definition) is 3. The lowest BCUT2D eigenvalue weighted by atomic mass is 10.2. The Bertz CT molecular complexity index is 469. The first-order valence-corrected chi connectivity index (χ1v) is 5.18. The molecule has 3 nitrogen and oxygen atoms in total. The van der Waals surface area contributed by atoms with Gasteiger partial charge in [-0.3, -0.25) is 4.98 Å². The van der Waals surface area contributed by atoms with Crippen molar-refractivity contribution in [3.05, 3.63) is 53.9 Å². The fourth-order valence-electron chi connectivity index (χ4n) is 1.43. The maximum atomic E-state index is 5.74. The molecule has 0 spiro atoms. The van der Waals surface area contributed by atoms with Gasteiger partial charge in [0, 0.05) is 12.7 Å². The summed E-state index contributed by atoms with van der Waals surface area (Å²) in [7, 11) is 0. The fourth-order valence-corrected chi connectivity index (χ4v) is 1.43. The van der Waals surface area contributed by atoms with E-state index < -0.39 is 0 Å². The summed E-state index contributed by atoms with van der Waals surface area (Å²) in [5.41, 5.74) is 7.44. The minimum Gasteiger partial charge on any atom is -0.455 e. The van der Waals surface area contributed by atoms with E-state index >= 15 is 0 Å². The molecule has 1 aromatic carbocycles. The summed E-state index contributed by atoms with van der Waals surface area (Å²) in [5, 5.41) is 0. The number of ether oxygens (including phenoxy) is 1. The molecule has 2 aromatic rings. The molecule has 0 aliphatic rings. The third-order valence-corrected chi connectivity index (χ3v) is 2.23. The summed E-state index contributed by atoms with van der Waals surface area (Å²) >= 11 is 0. The average Bonchev–Trinajstić information content (AvgIpc) is 2.31. The number of para-hydroxylation sites is 1. The molecular weight excluding hydrogens is 200 g/mol. The molecule has 0 fully saturated rings. The zero-order valence-electron chi connectivity index (χ0n) is 9.18. The first-order chi connectivity index (χ1) is 7.79. The maximum Gasteiger partial charge on any atom is 0.150 e. The van der Waals surface area contributed by atoms with Gasteiger partial charge in [0.1, 0.15) is 11.5 Å². The molecular formula is C13H14N2O. The highest BCUT2D eigenvalue weighted by Gasteiger charge is 2.05. The Kier molecular flexibility index (Phi) is 3.17. The third kappa shape index (κ3) is 2.38. The number of rotatable bonds is 3. The van der Waals surface area contributed by atoms with Crippen molar-refractivity contribution in [3.8, 4) is 11.5 Å². The van der Waals surface area contributed by atoms with Gasteiger partial charge >= 0.3 is 0 Å². The van der Waals surface area contributed by atoms with Gasteiger partial charge in [0.15, 0.2) is 0 Å². The molecule has 0 atom stereocenters. The van der Waals surface area contributed by atoms with Crippen LogP contribution in [0.1, 0.15) is 11.3 Å². The second-order valence-corrected chi connectivity index (χ2v) is 3.58. The van der Waals surface area contributed by atoms with Crippen LogP contribution in [0.5, 0.6) is 11.5 Å². The van der Waals surface area contributed by atoms with Gasteiger partial charge < -0.3 is 10.5 Å². The predicted octanol–water partition coefficient (Wildman–Crippen LogP) is 2.64. The van der Waals surface area contributed by atoms with Gasteiger partial charge in [-0.1, -0.05) is 18.2 Å². The van der Waals surface area contributed by atoms with Gasteiger partial charge in [0.25, 0.3) is 0 Å². The molecule has 0 unspecified atom stereocenters. The summed E-state index contributed by atoms with van der Waals surface area (Å²) in [6.45, 7) is 2.35. The van der Waals surface area contributed by atoms with Gasteiger partial charge in [0.05, 0.1) is 5.69 Å². The van der Waals surface area contributed by atoms with E-state index in [2.05, 4.69) is 4.98 Å². The highest BCUT2D eigenvalue weighted by Crippen LogP contribution is 2.24. The Hall–Kier alpha value is -1.87. The van der Waals surface area contributed by atoms with Crippen LogP contribution in [0.15, 0.2) is 42.6 Å². The molecule has 0 radical (unpaired) electrons. The van der Waals surface area contributed by atoms with E-state index in [0.29, 0.717) is 6.54 Å². The molecule has 0 amide bonds. The number of nitrogens with two attached hydrogens (primary N) is 1. The van der Waals surface area contributed by atoms with E-state index in [1.807, 2.05) is 43.3 Å². The molecule has 2 N–H and O–H groups in total. The van der Waals surface area contributed by atoms with Gasteiger partial charge in [0.2, 0.25) is 0 Å². The van der Waals surface area contributed by atoms with E-state index in [0.717, 1.165) is 22.8 Å². The molecule has 3 heteroatoms. The molecule has 16 heavy (non-hydrogen) atoms. The molecule has 0 bridgehead atoms. The number of aryl methyl sites for hydroxylation is 1. The Morgan fingerprint density at radius 3 is 2.69 bits per heavy atom. The highest BCUT2D eigenvalue weighted by molar-refractivity contribution is 5.35. The van der Waals surface area contributed by atoms with E-state index in [1.165, 1.54) is 0 Å². The molecule has 2 rings (SSSR count). The summed E-state index contributed by atoms with van der Waals surface area (Å²) in [6.07, 6.45) is 1.79. The monoisotopic (exact) mass is 214 g/mol. The van der Waals surface area contributed by atoms with Crippen LogP contribution in [0.2, 0.25) is 0 Å². The van der Waals surface area contributed by atoms with Crippen LogP contribution >= 0.6 is 0 Å². The van der Waals surface area contributed by atoms with Gasteiger partial charge in [-0.05, 0) is 30.7 Å². The molecule has 82 valence electrons. The number of hydrogen-bond donors (Lipinski definition) is 1. The van der Waals surface area contributed by atoms with E-state index in [-0.39, 0.29) is 0 Å². The van der Waals surface area contributed by atoms with E-state index in [1.54, 1.807) is 6.20 Å². The average molecular weight is 214 g/mol. The summed E-state index contributed by atoms with van der Waals surface area (Å²) < 4.78 is 5.74. The smallest absolute Gasteiger partial charge is 0.150 e. The lowest BCUT2D eigenvalue weighted by Crippen LogP contribution is -2.02. The standard InChI is InChI=1S/C13H14N2O/c1-10-7-13(12(8-14)15-9-10)16-11-5-3-2-4-6-11/h2-7,9H,8,14H2,1H3. The first kappa shape index (κ1) is 10.6. The zero-order chi connectivity index (χ0) is 11.4. The maximum absolute atomic E-state index is 5.74. The van der Waals surface area contributed by atoms with Crippen LogP contribution in [-0.4, -0.2) is 4.98 Å². The van der Waals surface area contributed by atoms with Gasteiger partial charge in [-0.25, -0.2) is 0 Å². The van der Waals surface area contributed by atoms with Gasteiger partial charge in [-0.2, -0.15) is 0 Å². The van der Waals surface area contributed by atoms with Crippen LogP contribution in [-0.2, 0) is 6.54 Å². The van der Waals surface area contributed by atoms with Crippen LogP contribution in [0.3, 0.4) is 0 Å². The molecule has 0 saturated carbocycles. The van der Waals surface area contributed by atoms with Crippen LogP contribution < -0.4 is 10.5 Å². The second-order valence-electron chi connectivity index (χ2n) is 3.58. The quantitative estimate of drug-likeness (QED) is 0.854. The molecule has 1 aromatic heterocycles. The Morgan fingerprint density at radius 2 is 2.00 bits per heavy atom. The van der Waals surface area contributed by atoms with Crippen LogP contribution in [0.25, 0.3) is 0 Å². The van der Waals surface area contributed by atoms with E-state index in [9.17, 15) is 0 Å². The lowest BCUT2D eigenvalue weighted by molar-refractivity contribution is 0.472. The summed E-state index contributed by atoms with van der Waals surface area (Å²) in [5.74, 6) is 1.53. The number of pyridine rings is 1. The topological polar surface area (TPSA) is 48.1 Å². The minimum absolute atomic E-state index is 0.377. The first-order valence-electron chi connectivity index (χ1n) is 5.18. The predicted molar refractivity (Wildman–Crippen MR) is 63.4 cm³/mol. The van der Waals surface area contributed by atoms with Crippen LogP contribution in [0, 0.1) is 6.92 Å². The molecule has 0 saturated heterocycles. The Balaban J connectivity index is 2.30. The summed E-state index contributed by atoms with van der Waals surface area (Å²) in [6, 6.07) is 11.6. The van der Waals surface area contributed by atoms with Crippen molar-refractivity contribution in [1.82, 2.24) is 4.98 Å². The SMILES string of the molecule is Cc1cnc(CN)c(Oc2ccccc2)c1. The fraction of sp³-hybridized carbons (Fsp3) is 0.154. The number of aromatic nitrogens is 1. The molecule has 0 aliphatic heterocycles. The number of benzene rings is 1. The van der Waals surface area contributed by atoms with Crippen LogP contribution in [0.4, 0.5) is 0 Å². The summed E-state index contributed by atoms with van der Waals surface area (Å²) in [4.78, 5) is 4.24. The normalized spacial score (nSPS) is 10.1. The lowest BCUT2D eigenvalue weighted by Gasteiger charge is -2.09. The number of nitrogens with zero attached hydrogens (tertiary/aromatic N) is 1. The van der Waals surface area contributed by atoms with Crippen molar-refractivity contribution in [2.45, 2.75) is 13.5 Å². The van der Waals surface area contributed by atoms with Crippen molar-refractivity contribution in [1.29, 1.82) is 0 Å². The largest absolute Gasteiger partial charge is 0.455 e.